The molecule has 0 saturated carbocycles. The van der Waals surface area contributed by atoms with E-state index in [4.69, 9.17) is 5.73 Å². The number of sulfonamides is 1. The van der Waals surface area contributed by atoms with Gasteiger partial charge in [0.2, 0.25) is 10.0 Å². The molecule has 6 heteroatoms. The monoisotopic (exact) mass is 290 g/mol. The van der Waals surface area contributed by atoms with E-state index in [1.807, 2.05) is 6.92 Å². The van der Waals surface area contributed by atoms with Crippen LogP contribution in [0.1, 0.15) is 32.6 Å². The van der Waals surface area contributed by atoms with Gasteiger partial charge in [-0.1, -0.05) is 27.7 Å². The lowest BCUT2D eigenvalue weighted by Gasteiger charge is -2.27. The van der Waals surface area contributed by atoms with E-state index in [1.54, 1.807) is 11.4 Å². The third-order valence-electron chi connectivity index (χ3n) is 3.24. The van der Waals surface area contributed by atoms with Crippen LogP contribution in [0.3, 0.4) is 0 Å². The van der Waals surface area contributed by atoms with Gasteiger partial charge >= 0.3 is 0 Å². The molecule has 1 atom stereocenters. The van der Waals surface area contributed by atoms with Gasteiger partial charge in [0.25, 0.3) is 0 Å². The first-order valence-corrected chi connectivity index (χ1v) is 8.31. The molecule has 18 heavy (non-hydrogen) atoms. The molecule has 4 nitrogen and oxygen atoms in total. The van der Waals surface area contributed by atoms with Crippen molar-refractivity contribution in [3.63, 3.8) is 0 Å². The number of thiophene rings is 1. The summed E-state index contributed by atoms with van der Waals surface area (Å²) in [4.78, 5) is 1.02. The molecule has 1 rings (SSSR count). The van der Waals surface area contributed by atoms with Gasteiger partial charge in [0.1, 0.15) is 0 Å². The Kier molecular flexibility index (Phi) is 4.94. The second-order valence-electron chi connectivity index (χ2n) is 5.53. The topological polar surface area (TPSA) is 72.2 Å². The van der Waals surface area contributed by atoms with Crippen LogP contribution < -0.4 is 10.5 Å². The predicted octanol–water partition coefficient (Wildman–Crippen LogP) is 2.17. The van der Waals surface area contributed by atoms with Crippen molar-refractivity contribution in [1.29, 1.82) is 0 Å². The molecule has 0 amide bonds. The summed E-state index contributed by atoms with van der Waals surface area (Å²) in [6, 6.07) is 1.61. The van der Waals surface area contributed by atoms with Crippen LogP contribution in [0, 0.1) is 11.3 Å². The van der Waals surface area contributed by atoms with Crippen molar-refractivity contribution < 1.29 is 8.42 Å². The predicted molar refractivity (Wildman–Crippen MR) is 76.0 cm³/mol. The van der Waals surface area contributed by atoms with Crippen molar-refractivity contribution in [2.75, 3.05) is 6.54 Å². The fourth-order valence-electron chi connectivity index (χ4n) is 1.34. The fraction of sp³-hybridized carbons (Fsp3) is 0.667. The van der Waals surface area contributed by atoms with Gasteiger partial charge in [-0.15, -0.1) is 11.3 Å². The molecular weight excluding hydrogens is 268 g/mol. The van der Waals surface area contributed by atoms with Crippen LogP contribution in [0.25, 0.3) is 0 Å². The third-order valence-corrected chi connectivity index (χ3v) is 5.82. The zero-order chi connectivity index (χ0) is 14.0. The number of nitrogens with one attached hydrogen (secondary N) is 1. The second kappa shape index (κ2) is 5.69. The summed E-state index contributed by atoms with van der Waals surface area (Å²) in [5.41, 5.74) is 5.61. The molecule has 0 spiro atoms. The third kappa shape index (κ3) is 3.78. The maximum absolute atomic E-state index is 12.1. The summed E-state index contributed by atoms with van der Waals surface area (Å²) >= 11 is 1.37. The summed E-state index contributed by atoms with van der Waals surface area (Å²) in [7, 11) is -3.43. The molecule has 0 aliphatic heterocycles. The van der Waals surface area contributed by atoms with Gasteiger partial charge in [0, 0.05) is 18.0 Å². The van der Waals surface area contributed by atoms with Crippen LogP contribution in [-0.4, -0.2) is 15.0 Å². The van der Waals surface area contributed by atoms with Gasteiger partial charge in [-0.2, -0.15) is 0 Å². The van der Waals surface area contributed by atoms with Crippen LogP contribution in [0.5, 0.6) is 0 Å². The Morgan fingerprint density at radius 1 is 1.44 bits per heavy atom. The Hall–Kier alpha value is -0.430. The molecule has 1 unspecified atom stereocenters. The zero-order valence-electron chi connectivity index (χ0n) is 11.4. The van der Waals surface area contributed by atoms with Crippen molar-refractivity contribution in [2.24, 2.45) is 17.1 Å². The van der Waals surface area contributed by atoms with Crippen molar-refractivity contribution >= 4 is 21.4 Å². The smallest absolute Gasteiger partial charge is 0.241 e. The maximum Gasteiger partial charge on any atom is 0.241 e. The molecule has 0 aromatic carbocycles. The second-order valence-corrected chi connectivity index (χ2v) is 8.27. The molecule has 0 saturated heterocycles. The highest BCUT2D eigenvalue weighted by molar-refractivity contribution is 7.89. The Balaban J connectivity index is 2.78. The number of hydrogen-bond acceptors (Lipinski definition) is 4. The minimum atomic E-state index is -3.43. The van der Waals surface area contributed by atoms with Crippen LogP contribution in [0.15, 0.2) is 16.3 Å². The number of rotatable bonds is 5. The quantitative estimate of drug-likeness (QED) is 0.873. The average Bonchev–Trinajstić information content (AvgIpc) is 2.73. The SMILES string of the molecule is CC(CNS(=O)(=O)c1ccsc1CN)C(C)(C)C. The maximum atomic E-state index is 12.1. The van der Waals surface area contributed by atoms with E-state index in [0.29, 0.717) is 16.3 Å². The highest BCUT2D eigenvalue weighted by atomic mass is 32.2. The summed E-state index contributed by atoms with van der Waals surface area (Å²) in [6.07, 6.45) is 0. The lowest BCUT2D eigenvalue weighted by molar-refractivity contribution is 0.263. The minimum Gasteiger partial charge on any atom is -0.326 e. The first kappa shape index (κ1) is 15.6. The van der Waals surface area contributed by atoms with Gasteiger partial charge in [-0.3, -0.25) is 0 Å². The Bertz CT molecular complexity index is 486. The highest BCUT2D eigenvalue weighted by Gasteiger charge is 2.24. The van der Waals surface area contributed by atoms with Crippen LogP contribution in [0.2, 0.25) is 0 Å². The summed E-state index contributed by atoms with van der Waals surface area (Å²) in [5.74, 6) is 0.257. The summed E-state index contributed by atoms with van der Waals surface area (Å²) in [5, 5.41) is 1.75. The Morgan fingerprint density at radius 2 is 2.06 bits per heavy atom. The molecule has 1 aromatic heterocycles. The van der Waals surface area contributed by atoms with Crippen molar-refractivity contribution in [3.8, 4) is 0 Å². The molecule has 3 N–H and O–H groups in total. The molecule has 0 aliphatic rings. The van der Waals surface area contributed by atoms with Gasteiger partial charge in [0.05, 0.1) is 4.90 Å². The van der Waals surface area contributed by atoms with E-state index in [-0.39, 0.29) is 17.9 Å². The normalized spacial score (nSPS) is 14.7. The van der Waals surface area contributed by atoms with Crippen LogP contribution in [0.4, 0.5) is 0 Å². The molecule has 0 fully saturated rings. The minimum absolute atomic E-state index is 0.0772. The van der Waals surface area contributed by atoms with Gasteiger partial charge in [-0.05, 0) is 22.8 Å². The molecule has 0 radical (unpaired) electrons. The lowest BCUT2D eigenvalue weighted by atomic mass is 9.82. The van der Waals surface area contributed by atoms with Gasteiger partial charge in [0.15, 0.2) is 0 Å². The zero-order valence-corrected chi connectivity index (χ0v) is 13.0. The molecule has 0 bridgehead atoms. The Morgan fingerprint density at radius 3 is 2.56 bits per heavy atom. The number of hydrogen-bond donors (Lipinski definition) is 2. The van der Waals surface area contributed by atoms with E-state index >= 15 is 0 Å². The van der Waals surface area contributed by atoms with Crippen molar-refractivity contribution in [1.82, 2.24) is 4.72 Å². The molecular formula is C12H22N2O2S2. The van der Waals surface area contributed by atoms with E-state index in [9.17, 15) is 8.42 Å². The lowest BCUT2D eigenvalue weighted by Crippen LogP contribution is -2.33. The first-order valence-electron chi connectivity index (χ1n) is 5.94. The first-order chi connectivity index (χ1) is 8.18. The number of nitrogens with two attached hydrogens (primary N) is 1. The Labute approximate surface area is 114 Å². The van der Waals surface area contributed by atoms with Crippen LogP contribution >= 0.6 is 11.3 Å². The fourth-order valence-corrected chi connectivity index (χ4v) is 3.80. The van der Waals surface area contributed by atoms with E-state index in [1.165, 1.54) is 11.3 Å². The molecule has 1 heterocycles. The van der Waals surface area contributed by atoms with E-state index < -0.39 is 10.0 Å². The molecule has 104 valence electrons. The summed E-state index contributed by atoms with van der Waals surface area (Å²) in [6.45, 7) is 9.03. The standard InChI is InChI=1S/C12H22N2O2S2/c1-9(12(2,3)4)8-14-18(15,16)11-5-6-17-10(11)7-13/h5-6,9,14H,7-8,13H2,1-4H3. The van der Waals surface area contributed by atoms with Crippen LogP contribution in [-0.2, 0) is 16.6 Å². The highest BCUT2D eigenvalue weighted by Crippen LogP contribution is 2.26. The largest absolute Gasteiger partial charge is 0.326 e. The molecule has 0 aliphatic carbocycles. The van der Waals surface area contributed by atoms with Gasteiger partial charge in [-0.25, -0.2) is 13.1 Å². The average molecular weight is 290 g/mol. The van der Waals surface area contributed by atoms with E-state index in [2.05, 4.69) is 25.5 Å². The van der Waals surface area contributed by atoms with Gasteiger partial charge < -0.3 is 5.73 Å². The summed E-state index contributed by atoms with van der Waals surface area (Å²) < 4.78 is 27.0. The van der Waals surface area contributed by atoms with Crippen molar-refractivity contribution in [2.45, 2.75) is 39.1 Å². The molecule has 1 aromatic rings. The van der Waals surface area contributed by atoms with Crippen molar-refractivity contribution in [3.05, 3.63) is 16.3 Å². The van der Waals surface area contributed by atoms with E-state index in [0.717, 1.165) is 0 Å².